The highest BCUT2D eigenvalue weighted by molar-refractivity contribution is 5.86. The molecule has 0 radical (unpaired) electrons. The first-order valence-electron chi connectivity index (χ1n) is 8.27. The van der Waals surface area contributed by atoms with Gasteiger partial charge in [0, 0.05) is 13.1 Å². The zero-order valence-corrected chi connectivity index (χ0v) is 13.3. The van der Waals surface area contributed by atoms with E-state index in [0.29, 0.717) is 11.8 Å². The molecule has 1 saturated heterocycles. The molecule has 1 aliphatic heterocycles. The molecule has 118 valence electrons. The lowest BCUT2D eigenvalue weighted by atomic mass is 9.87. The highest BCUT2D eigenvalue weighted by atomic mass is 15.5. The van der Waals surface area contributed by atoms with Gasteiger partial charge in [-0.15, -0.1) is 5.10 Å². The first-order valence-corrected chi connectivity index (χ1v) is 8.27. The fourth-order valence-corrected chi connectivity index (χ4v) is 3.80. The predicted molar refractivity (Wildman–Crippen MR) is 91.5 cm³/mol. The highest BCUT2D eigenvalue weighted by Crippen LogP contribution is 2.33. The number of nitrogens with one attached hydrogen (secondary N) is 1. The number of rotatable bonds is 4. The second-order valence-corrected chi connectivity index (χ2v) is 6.52. The van der Waals surface area contributed by atoms with Gasteiger partial charge in [-0.1, -0.05) is 54.5 Å². The molecular formula is C18H21N5. The zero-order valence-electron chi connectivity index (χ0n) is 13.3. The van der Waals surface area contributed by atoms with Crippen molar-refractivity contribution in [1.29, 1.82) is 0 Å². The largest absolute Gasteiger partial charge is 0.338 e. The van der Waals surface area contributed by atoms with E-state index >= 15 is 0 Å². The number of tetrazole rings is 1. The van der Waals surface area contributed by atoms with Crippen LogP contribution in [0.2, 0.25) is 0 Å². The molecule has 5 heteroatoms. The van der Waals surface area contributed by atoms with Gasteiger partial charge < -0.3 is 4.90 Å². The fourth-order valence-electron chi connectivity index (χ4n) is 3.80. The number of fused-ring (bicyclic) bond motifs is 1. The van der Waals surface area contributed by atoms with Crippen LogP contribution in [0.3, 0.4) is 0 Å². The summed E-state index contributed by atoms with van der Waals surface area (Å²) in [5.74, 6) is 1.96. The third-order valence-corrected chi connectivity index (χ3v) is 4.94. The molecule has 0 spiro atoms. The van der Waals surface area contributed by atoms with Crippen LogP contribution >= 0.6 is 0 Å². The lowest BCUT2D eigenvalue weighted by Gasteiger charge is -2.19. The Bertz CT molecular complexity index is 778. The molecular weight excluding hydrogens is 286 g/mol. The van der Waals surface area contributed by atoms with E-state index in [1.54, 1.807) is 0 Å². The van der Waals surface area contributed by atoms with Gasteiger partial charge in [0.25, 0.3) is 5.95 Å². The quantitative estimate of drug-likeness (QED) is 0.803. The minimum absolute atomic E-state index is 0.552. The molecule has 1 fully saturated rings. The maximum Gasteiger partial charge on any atom is 0.265 e. The van der Waals surface area contributed by atoms with Gasteiger partial charge in [-0.2, -0.15) is 5.21 Å². The van der Waals surface area contributed by atoms with E-state index in [0.717, 1.165) is 19.0 Å². The average Bonchev–Trinajstić information content (AvgIpc) is 3.25. The van der Waals surface area contributed by atoms with E-state index in [9.17, 15) is 0 Å². The number of anilines is 1. The third kappa shape index (κ3) is 2.79. The predicted octanol–water partition coefficient (Wildman–Crippen LogP) is 3.37. The Morgan fingerprint density at radius 3 is 2.96 bits per heavy atom. The number of hydrogen-bond acceptors (Lipinski definition) is 4. The number of hydrogen-bond donors (Lipinski definition) is 1. The molecule has 5 nitrogen and oxygen atoms in total. The van der Waals surface area contributed by atoms with Crippen LogP contribution in [0.5, 0.6) is 0 Å². The van der Waals surface area contributed by atoms with Crippen LogP contribution in [0.4, 0.5) is 5.95 Å². The fraction of sp³-hybridized carbons (Fsp3) is 0.389. The first-order chi connectivity index (χ1) is 11.3. The average molecular weight is 307 g/mol. The summed E-state index contributed by atoms with van der Waals surface area (Å²) in [6.45, 7) is 4.39. The molecule has 3 aromatic rings. The maximum atomic E-state index is 4.09. The van der Waals surface area contributed by atoms with Gasteiger partial charge in [0.1, 0.15) is 0 Å². The van der Waals surface area contributed by atoms with Crippen molar-refractivity contribution in [2.75, 3.05) is 18.0 Å². The van der Waals surface area contributed by atoms with Gasteiger partial charge in [-0.3, -0.25) is 0 Å². The lowest BCUT2D eigenvalue weighted by molar-refractivity contribution is 0.489. The molecule has 2 aromatic carbocycles. The molecule has 2 atom stereocenters. The van der Waals surface area contributed by atoms with Crippen LogP contribution in [-0.2, 0) is 0 Å². The second-order valence-electron chi connectivity index (χ2n) is 6.52. The zero-order chi connectivity index (χ0) is 15.6. The molecule has 0 amide bonds. The van der Waals surface area contributed by atoms with E-state index in [2.05, 4.69) is 74.9 Å². The van der Waals surface area contributed by atoms with Crippen LogP contribution in [0, 0.1) is 5.92 Å². The van der Waals surface area contributed by atoms with E-state index in [-0.39, 0.29) is 0 Å². The van der Waals surface area contributed by atoms with Gasteiger partial charge in [0.15, 0.2) is 0 Å². The molecule has 1 aromatic heterocycles. The van der Waals surface area contributed by atoms with Crippen LogP contribution in [0.25, 0.3) is 10.8 Å². The summed E-state index contributed by atoms with van der Waals surface area (Å²) >= 11 is 0. The third-order valence-electron chi connectivity index (χ3n) is 4.94. The molecule has 2 heterocycles. The smallest absolute Gasteiger partial charge is 0.265 e. The van der Waals surface area contributed by atoms with E-state index in [1.807, 2.05) is 0 Å². The van der Waals surface area contributed by atoms with Crippen molar-refractivity contribution in [2.24, 2.45) is 5.92 Å². The number of nitrogens with zero attached hydrogens (tertiary/aromatic N) is 4. The summed E-state index contributed by atoms with van der Waals surface area (Å²) in [5.41, 5.74) is 1.46. The molecule has 4 rings (SSSR count). The standard InChI is InChI=1S/C18H21N5/c1-13(16-8-4-6-15-5-2-3-7-17(15)16)11-14-9-10-23(12-14)18-19-21-22-20-18/h2-8,13-14H,9-12H2,1H3,(H,19,20,21,22)/t13-,14+/m0/s1. The Morgan fingerprint density at radius 2 is 2.09 bits per heavy atom. The SMILES string of the molecule is C[C@@H](C[C@H]1CCN(c2nn[nH]n2)C1)c1cccc2ccccc12. The van der Waals surface area contributed by atoms with Crippen LogP contribution in [0.1, 0.15) is 31.2 Å². The number of benzene rings is 2. The van der Waals surface area contributed by atoms with Gasteiger partial charge in [-0.25, -0.2) is 0 Å². The van der Waals surface area contributed by atoms with E-state index in [1.165, 1.54) is 29.2 Å². The minimum atomic E-state index is 0.552. The summed E-state index contributed by atoms with van der Waals surface area (Å²) < 4.78 is 0. The van der Waals surface area contributed by atoms with Gasteiger partial charge in [-0.05, 0) is 46.2 Å². The minimum Gasteiger partial charge on any atom is -0.338 e. The molecule has 23 heavy (non-hydrogen) atoms. The summed E-state index contributed by atoms with van der Waals surface area (Å²) in [4.78, 5) is 2.23. The van der Waals surface area contributed by atoms with Crippen molar-refractivity contribution >= 4 is 16.7 Å². The lowest BCUT2D eigenvalue weighted by Crippen LogP contribution is -2.21. The molecule has 0 aliphatic carbocycles. The van der Waals surface area contributed by atoms with Crippen molar-refractivity contribution in [3.05, 3.63) is 48.0 Å². The highest BCUT2D eigenvalue weighted by Gasteiger charge is 2.26. The van der Waals surface area contributed by atoms with Crippen LogP contribution < -0.4 is 4.90 Å². The molecule has 0 saturated carbocycles. The van der Waals surface area contributed by atoms with Crippen molar-refractivity contribution in [2.45, 2.75) is 25.7 Å². The maximum absolute atomic E-state index is 4.09. The normalized spacial score (nSPS) is 19.3. The Hall–Kier alpha value is -2.43. The monoisotopic (exact) mass is 307 g/mol. The van der Waals surface area contributed by atoms with Crippen molar-refractivity contribution < 1.29 is 0 Å². The van der Waals surface area contributed by atoms with E-state index < -0.39 is 0 Å². The number of H-pyrrole nitrogens is 1. The van der Waals surface area contributed by atoms with Gasteiger partial charge >= 0.3 is 0 Å². The Kier molecular flexibility index (Phi) is 3.69. The molecule has 1 N–H and O–H groups in total. The summed E-state index contributed by atoms with van der Waals surface area (Å²) in [6.07, 6.45) is 2.39. The number of aromatic nitrogens is 4. The van der Waals surface area contributed by atoms with Gasteiger partial charge in [0.05, 0.1) is 0 Å². The Morgan fingerprint density at radius 1 is 1.22 bits per heavy atom. The number of aromatic amines is 1. The van der Waals surface area contributed by atoms with Gasteiger partial charge in [0.2, 0.25) is 0 Å². The van der Waals surface area contributed by atoms with E-state index in [4.69, 9.17) is 0 Å². The second kappa shape index (κ2) is 5.99. The Labute approximate surface area is 135 Å². The van der Waals surface area contributed by atoms with Crippen LogP contribution in [0.15, 0.2) is 42.5 Å². The summed E-state index contributed by atoms with van der Waals surface area (Å²) in [5, 5.41) is 17.1. The van der Waals surface area contributed by atoms with Crippen molar-refractivity contribution in [3.8, 4) is 0 Å². The molecule has 1 aliphatic rings. The first kappa shape index (κ1) is 14.2. The topological polar surface area (TPSA) is 57.7 Å². The molecule has 0 bridgehead atoms. The van der Waals surface area contributed by atoms with Crippen LogP contribution in [-0.4, -0.2) is 33.7 Å². The molecule has 0 unspecified atom stereocenters. The summed E-state index contributed by atoms with van der Waals surface area (Å²) in [6, 6.07) is 15.3. The summed E-state index contributed by atoms with van der Waals surface area (Å²) in [7, 11) is 0. The van der Waals surface area contributed by atoms with Crippen molar-refractivity contribution in [1.82, 2.24) is 20.6 Å². The van der Waals surface area contributed by atoms with Crippen molar-refractivity contribution in [3.63, 3.8) is 0 Å². The Balaban J connectivity index is 1.49.